The third kappa shape index (κ3) is 5.85. The van der Waals surface area contributed by atoms with E-state index in [1.165, 1.54) is 0 Å². The fraction of sp³-hybridized carbons (Fsp3) is 0.500. The second-order valence-corrected chi connectivity index (χ2v) is 4.31. The predicted octanol–water partition coefficient (Wildman–Crippen LogP) is 2.02. The van der Waals surface area contributed by atoms with Crippen molar-refractivity contribution >= 4 is 29.9 Å². The Kier molecular flexibility index (Phi) is 8.17. The van der Waals surface area contributed by atoms with E-state index in [1.54, 1.807) is 7.11 Å². The van der Waals surface area contributed by atoms with Crippen LogP contribution < -0.4 is 20.1 Å². The summed E-state index contributed by atoms with van der Waals surface area (Å²) in [5.74, 6) is 2.63. The van der Waals surface area contributed by atoms with Crippen LogP contribution in [0.1, 0.15) is 12.8 Å². The zero-order valence-corrected chi connectivity index (χ0v) is 14.1. The topological polar surface area (TPSA) is 54.9 Å². The van der Waals surface area contributed by atoms with E-state index in [4.69, 9.17) is 9.47 Å². The number of nitrogens with zero attached hydrogens (tertiary/aromatic N) is 1. The zero-order valence-electron chi connectivity index (χ0n) is 11.7. The van der Waals surface area contributed by atoms with Gasteiger partial charge in [-0.15, -0.1) is 24.0 Å². The number of benzene rings is 1. The molecule has 2 rings (SSSR count). The molecule has 1 aromatic carbocycles. The number of hydrogen-bond donors (Lipinski definition) is 2. The van der Waals surface area contributed by atoms with Crippen LogP contribution in [0.2, 0.25) is 0 Å². The Balaban J connectivity index is 0.00000200. The zero-order chi connectivity index (χ0) is 13.3. The van der Waals surface area contributed by atoms with Crippen molar-refractivity contribution in [1.29, 1.82) is 0 Å². The Bertz CT molecular complexity index is 409. The summed E-state index contributed by atoms with van der Waals surface area (Å²) in [6.07, 6.45) is 2.05. The average molecular weight is 391 g/mol. The lowest BCUT2D eigenvalue weighted by molar-refractivity contribution is 0.310. The quantitative estimate of drug-likeness (QED) is 0.576. The maximum atomic E-state index is 5.64. The molecule has 6 heteroatoms. The van der Waals surface area contributed by atoms with Crippen LogP contribution in [-0.4, -0.2) is 39.3 Å². The van der Waals surface area contributed by atoms with Gasteiger partial charge in [0.1, 0.15) is 11.5 Å². The highest BCUT2D eigenvalue weighted by molar-refractivity contribution is 14.0. The van der Waals surface area contributed by atoms with Crippen LogP contribution in [0.4, 0.5) is 0 Å². The summed E-state index contributed by atoms with van der Waals surface area (Å²) in [7, 11) is 1.66. The first-order chi connectivity index (χ1) is 9.38. The highest BCUT2D eigenvalue weighted by atomic mass is 127. The van der Waals surface area contributed by atoms with Gasteiger partial charge in [-0.1, -0.05) is 0 Å². The van der Waals surface area contributed by atoms with Gasteiger partial charge >= 0.3 is 0 Å². The number of methoxy groups -OCH3 is 1. The van der Waals surface area contributed by atoms with E-state index in [0.717, 1.165) is 49.9 Å². The fourth-order valence-electron chi connectivity index (χ4n) is 1.79. The number of rotatable bonds is 6. The van der Waals surface area contributed by atoms with Crippen LogP contribution in [0.15, 0.2) is 29.3 Å². The molecule has 0 saturated carbocycles. The van der Waals surface area contributed by atoms with Crippen LogP contribution in [0.5, 0.6) is 11.5 Å². The molecule has 5 nitrogen and oxygen atoms in total. The molecule has 0 saturated heterocycles. The molecule has 0 bridgehead atoms. The number of aliphatic imine (C=N–C) groups is 1. The molecule has 112 valence electrons. The maximum Gasteiger partial charge on any atom is 0.191 e. The summed E-state index contributed by atoms with van der Waals surface area (Å²) in [5.41, 5.74) is 0. The first-order valence-electron chi connectivity index (χ1n) is 6.67. The van der Waals surface area contributed by atoms with Crippen molar-refractivity contribution in [3.05, 3.63) is 24.3 Å². The van der Waals surface area contributed by atoms with E-state index < -0.39 is 0 Å². The molecule has 1 heterocycles. The first-order valence-corrected chi connectivity index (χ1v) is 6.67. The monoisotopic (exact) mass is 391 g/mol. The smallest absolute Gasteiger partial charge is 0.191 e. The second-order valence-electron chi connectivity index (χ2n) is 4.31. The minimum atomic E-state index is 0. The summed E-state index contributed by atoms with van der Waals surface area (Å²) in [6, 6.07) is 7.63. The predicted molar refractivity (Wildman–Crippen MR) is 91.4 cm³/mol. The summed E-state index contributed by atoms with van der Waals surface area (Å²) in [5, 5.41) is 6.49. The molecule has 0 radical (unpaired) electrons. The molecule has 1 aliphatic heterocycles. The largest absolute Gasteiger partial charge is 0.497 e. The van der Waals surface area contributed by atoms with Crippen LogP contribution in [0.25, 0.3) is 0 Å². The van der Waals surface area contributed by atoms with Gasteiger partial charge in [0.05, 0.1) is 13.7 Å². The summed E-state index contributed by atoms with van der Waals surface area (Å²) < 4.78 is 10.7. The van der Waals surface area contributed by atoms with Crippen molar-refractivity contribution in [3.63, 3.8) is 0 Å². The van der Waals surface area contributed by atoms with Gasteiger partial charge in [-0.05, 0) is 37.1 Å². The minimum Gasteiger partial charge on any atom is -0.497 e. The number of guanidine groups is 1. The second kappa shape index (κ2) is 9.68. The SMILES string of the molecule is COc1ccc(OCCCNC2=NCCCN2)cc1.I. The molecule has 0 amide bonds. The van der Waals surface area contributed by atoms with Crippen LogP contribution >= 0.6 is 24.0 Å². The normalized spacial score (nSPS) is 13.6. The van der Waals surface area contributed by atoms with Gasteiger partial charge in [-0.3, -0.25) is 4.99 Å². The summed E-state index contributed by atoms with van der Waals surface area (Å²) in [4.78, 5) is 4.34. The van der Waals surface area contributed by atoms with Crippen molar-refractivity contribution in [2.45, 2.75) is 12.8 Å². The lowest BCUT2D eigenvalue weighted by atomic mass is 10.3. The van der Waals surface area contributed by atoms with Crippen molar-refractivity contribution in [2.24, 2.45) is 4.99 Å². The molecular weight excluding hydrogens is 369 g/mol. The lowest BCUT2D eigenvalue weighted by Crippen LogP contribution is -2.41. The molecule has 0 atom stereocenters. The van der Waals surface area contributed by atoms with E-state index in [1.807, 2.05) is 24.3 Å². The van der Waals surface area contributed by atoms with E-state index in [9.17, 15) is 0 Å². The van der Waals surface area contributed by atoms with Gasteiger partial charge in [-0.2, -0.15) is 0 Å². The third-order valence-electron chi connectivity index (χ3n) is 2.84. The Hall–Kier alpha value is -1.18. The van der Waals surface area contributed by atoms with E-state index >= 15 is 0 Å². The summed E-state index contributed by atoms with van der Waals surface area (Å²) in [6.45, 7) is 3.47. The Labute approximate surface area is 137 Å². The molecule has 2 N–H and O–H groups in total. The number of hydrogen-bond acceptors (Lipinski definition) is 5. The van der Waals surface area contributed by atoms with Gasteiger partial charge in [0.2, 0.25) is 0 Å². The van der Waals surface area contributed by atoms with Gasteiger partial charge in [-0.25, -0.2) is 0 Å². The van der Waals surface area contributed by atoms with Gasteiger partial charge < -0.3 is 20.1 Å². The van der Waals surface area contributed by atoms with Gasteiger partial charge in [0.25, 0.3) is 0 Å². The third-order valence-corrected chi connectivity index (χ3v) is 2.84. The first kappa shape index (κ1) is 16.9. The Morgan fingerprint density at radius 1 is 1.25 bits per heavy atom. The standard InChI is InChI=1S/C14H21N3O2.HI/c1-18-12-4-6-13(7-5-12)19-11-3-10-17-14-15-8-2-9-16-14;/h4-7H,2-3,8-11H2,1H3,(H2,15,16,17);1H. The molecule has 0 spiro atoms. The molecule has 0 aliphatic carbocycles. The molecule has 1 aromatic rings. The highest BCUT2D eigenvalue weighted by Crippen LogP contribution is 2.16. The maximum absolute atomic E-state index is 5.64. The van der Waals surface area contributed by atoms with Gasteiger partial charge in [0.15, 0.2) is 5.96 Å². The minimum absolute atomic E-state index is 0. The van der Waals surface area contributed by atoms with E-state index in [0.29, 0.717) is 6.61 Å². The van der Waals surface area contributed by atoms with E-state index in [2.05, 4.69) is 15.6 Å². The van der Waals surface area contributed by atoms with Crippen molar-refractivity contribution in [2.75, 3.05) is 33.4 Å². The number of halogens is 1. The average Bonchev–Trinajstić information content (AvgIpc) is 2.49. The van der Waals surface area contributed by atoms with Crippen LogP contribution in [0.3, 0.4) is 0 Å². The Morgan fingerprint density at radius 3 is 2.65 bits per heavy atom. The number of ether oxygens (including phenoxy) is 2. The molecule has 0 fully saturated rings. The van der Waals surface area contributed by atoms with Gasteiger partial charge in [0, 0.05) is 19.6 Å². The summed E-state index contributed by atoms with van der Waals surface area (Å²) >= 11 is 0. The van der Waals surface area contributed by atoms with Crippen molar-refractivity contribution in [1.82, 2.24) is 10.6 Å². The lowest BCUT2D eigenvalue weighted by Gasteiger charge is -2.15. The molecule has 20 heavy (non-hydrogen) atoms. The van der Waals surface area contributed by atoms with Crippen molar-refractivity contribution in [3.8, 4) is 11.5 Å². The van der Waals surface area contributed by atoms with Crippen LogP contribution in [-0.2, 0) is 0 Å². The number of nitrogens with one attached hydrogen (secondary N) is 2. The molecule has 0 aromatic heterocycles. The molecule has 1 aliphatic rings. The van der Waals surface area contributed by atoms with Crippen molar-refractivity contribution < 1.29 is 9.47 Å². The molecular formula is C14H22IN3O2. The van der Waals surface area contributed by atoms with E-state index in [-0.39, 0.29) is 24.0 Å². The molecule has 0 unspecified atom stereocenters. The van der Waals surface area contributed by atoms with Crippen LogP contribution in [0, 0.1) is 0 Å². The highest BCUT2D eigenvalue weighted by Gasteiger charge is 2.02. The fourth-order valence-corrected chi connectivity index (χ4v) is 1.79. The Morgan fingerprint density at radius 2 is 2.00 bits per heavy atom.